The summed E-state index contributed by atoms with van der Waals surface area (Å²) >= 11 is 0. The Morgan fingerprint density at radius 1 is 1.30 bits per heavy atom. The first kappa shape index (κ1) is 14.5. The Labute approximate surface area is 119 Å². The first-order valence-electron chi connectivity index (χ1n) is 7.26. The number of fused-ring (bicyclic) bond motifs is 1. The third-order valence-electron chi connectivity index (χ3n) is 3.69. The lowest BCUT2D eigenvalue weighted by molar-refractivity contribution is 0.0694. The second-order valence-electron chi connectivity index (χ2n) is 5.32. The molecule has 0 radical (unpaired) electrons. The molecule has 0 saturated heterocycles. The molecule has 0 amide bonds. The molecule has 0 aliphatic carbocycles. The van der Waals surface area contributed by atoms with Gasteiger partial charge in [-0.25, -0.2) is 4.79 Å². The number of para-hydroxylation sites is 1. The minimum atomic E-state index is -0.888. The fraction of sp³-hybridized carbons (Fsp3) is 0.412. The molecule has 3 nitrogen and oxygen atoms in total. The van der Waals surface area contributed by atoms with Gasteiger partial charge in [0.15, 0.2) is 0 Å². The molecule has 1 unspecified atom stereocenters. The molecule has 0 saturated carbocycles. The number of pyridine rings is 1. The van der Waals surface area contributed by atoms with Crippen LogP contribution in [-0.2, 0) is 0 Å². The van der Waals surface area contributed by atoms with Gasteiger partial charge in [-0.2, -0.15) is 0 Å². The van der Waals surface area contributed by atoms with E-state index >= 15 is 0 Å². The smallest absolute Gasteiger partial charge is 0.337 e. The van der Waals surface area contributed by atoms with Crippen molar-refractivity contribution < 1.29 is 9.90 Å². The summed E-state index contributed by atoms with van der Waals surface area (Å²) in [7, 11) is 0. The Morgan fingerprint density at radius 2 is 2.05 bits per heavy atom. The van der Waals surface area contributed by atoms with Crippen LogP contribution in [0.25, 0.3) is 10.9 Å². The van der Waals surface area contributed by atoms with E-state index in [0.717, 1.165) is 23.7 Å². The number of benzene rings is 1. The number of rotatable bonds is 6. The Kier molecular flexibility index (Phi) is 4.72. The van der Waals surface area contributed by atoms with Crippen LogP contribution in [0.3, 0.4) is 0 Å². The Bertz CT molecular complexity index is 607. The number of nitrogens with zero attached hydrogens (tertiary/aromatic N) is 1. The molecule has 0 aliphatic heterocycles. The molecule has 1 N–H and O–H groups in total. The minimum absolute atomic E-state index is 0.178. The van der Waals surface area contributed by atoms with Gasteiger partial charge >= 0.3 is 5.97 Å². The van der Waals surface area contributed by atoms with Crippen LogP contribution >= 0.6 is 0 Å². The van der Waals surface area contributed by atoms with Gasteiger partial charge in [0, 0.05) is 5.39 Å². The predicted molar refractivity (Wildman–Crippen MR) is 81.3 cm³/mol. The highest BCUT2D eigenvalue weighted by Crippen LogP contribution is 2.26. The summed E-state index contributed by atoms with van der Waals surface area (Å²) in [6, 6.07) is 9.42. The van der Waals surface area contributed by atoms with Gasteiger partial charge in [-0.3, -0.25) is 4.98 Å². The second-order valence-corrected chi connectivity index (χ2v) is 5.32. The Balaban J connectivity index is 2.38. The number of carbonyl (C=O) groups is 1. The Morgan fingerprint density at radius 3 is 2.75 bits per heavy atom. The molecule has 0 bridgehead atoms. The van der Waals surface area contributed by atoms with Crippen molar-refractivity contribution in [1.29, 1.82) is 0 Å². The summed E-state index contributed by atoms with van der Waals surface area (Å²) in [5.41, 5.74) is 1.93. The van der Waals surface area contributed by atoms with Gasteiger partial charge in [0.05, 0.1) is 16.8 Å². The van der Waals surface area contributed by atoms with Crippen molar-refractivity contribution in [3.05, 3.63) is 41.6 Å². The maximum atomic E-state index is 11.5. The lowest BCUT2D eigenvalue weighted by atomic mass is 9.95. The minimum Gasteiger partial charge on any atom is -0.478 e. The average molecular weight is 271 g/mol. The van der Waals surface area contributed by atoms with E-state index in [4.69, 9.17) is 0 Å². The van der Waals surface area contributed by atoms with Crippen molar-refractivity contribution in [3.8, 4) is 0 Å². The average Bonchev–Trinajstić information content (AvgIpc) is 2.46. The monoisotopic (exact) mass is 271 g/mol. The van der Waals surface area contributed by atoms with Crippen LogP contribution in [0, 0.1) is 0 Å². The maximum absolute atomic E-state index is 11.5. The summed E-state index contributed by atoms with van der Waals surface area (Å²) in [6.45, 7) is 4.24. The van der Waals surface area contributed by atoms with Crippen LogP contribution in [0.5, 0.6) is 0 Å². The quantitative estimate of drug-likeness (QED) is 0.780. The van der Waals surface area contributed by atoms with Crippen LogP contribution in [0.15, 0.2) is 30.3 Å². The molecule has 106 valence electrons. The molecule has 0 fully saturated rings. The molecular weight excluding hydrogens is 250 g/mol. The van der Waals surface area contributed by atoms with Crippen LogP contribution in [0.4, 0.5) is 0 Å². The number of hydrogen-bond donors (Lipinski definition) is 1. The molecule has 0 spiro atoms. The first-order valence-corrected chi connectivity index (χ1v) is 7.26. The molecule has 2 rings (SSSR count). The Hall–Kier alpha value is -1.90. The zero-order valence-corrected chi connectivity index (χ0v) is 12.1. The molecule has 1 aromatic heterocycles. The van der Waals surface area contributed by atoms with E-state index in [1.54, 1.807) is 6.07 Å². The van der Waals surface area contributed by atoms with Gasteiger partial charge in [-0.05, 0) is 24.5 Å². The van der Waals surface area contributed by atoms with Crippen molar-refractivity contribution in [2.24, 2.45) is 0 Å². The molecular formula is C17H21NO2. The summed E-state index contributed by atoms with van der Waals surface area (Å²) in [6.07, 6.45) is 4.45. The van der Waals surface area contributed by atoms with Crippen molar-refractivity contribution in [3.63, 3.8) is 0 Å². The van der Waals surface area contributed by atoms with Crippen molar-refractivity contribution in [1.82, 2.24) is 4.98 Å². The third-order valence-corrected chi connectivity index (χ3v) is 3.69. The SMILES string of the molecule is CCCCCC(C)c1nc2ccccc2cc1C(=O)O. The molecule has 3 heteroatoms. The topological polar surface area (TPSA) is 50.2 Å². The van der Waals surface area contributed by atoms with Gasteiger partial charge in [-0.15, -0.1) is 0 Å². The van der Waals surface area contributed by atoms with E-state index in [9.17, 15) is 9.90 Å². The highest BCUT2D eigenvalue weighted by molar-refractivity contribution is 5.94. The third kappa shape index (κ3) is 3.16. The molecule has 1 atom stereocenters. The zero-order chi connectivity index (χ0) is 14.5. The first-order chi connectivity index (χ1) is 9.63. The fourth-order valence-corrected chi connectivity index (χ4v) is 2.52. The van der Waals surface area contributed by atoms with E-state index < -0.39 is 5.97 Å². The predicted octanol–water partition coefficient (Wildman–Crippen LogP) is 4.62. The number of hydrogen-bond acceptors (Lipinski definition) is 2. The van der Waals surface area contributed by atoms with E-state index in [1.165, 1.54) is 12.8 Å². The molecule has 1 heterocycles. The van der Waals surface area contributed by atoms with Crippen LogP contribution in [0.1, 0.15) is 61.5 Å². The second kappa shape index (κ2) is 6.51. The van der Waals surface area contributed by atoms with E-state index in [0.29, 0.717) is 11.3 Å². The van der Waals surface area contributed by atoms with Crippen LogP contribution < -0.4 is 0 Å². The molecule has 1 aromatic carbocycles. The lowest BCUT2D eigenvalue weighted by Crippen LogP contribution is -2.08. The van der Waals surface area contributed by atoms with Crippen molar-refractivity contribution in [2.45, 2.75) is 45.4 Å². The summed E-state index contributed by atoms with van der Waals surface area (Å²) in [4.78, 5) is 16.1. The number of carboxylic acid groups (broad SMARTS) is 1. The summed E-state index contributed by atoms with van der Waals surface area (Å²) < 4.78 is 0. The lowest BCUT2D eigenvalue weighted by Gasteiger charge is -2.14. The number of unbranched alkanes of at least 4 members (excludes halogenated alkanes) is 2. The number of carboxylic acids is 1. The molecule has 0 aliphatic rings. The number of aromatic nitrogens is 1. The van der Waals surface area contributed by atoms with Crippen molar-refractivity contribution in [2.75, 3.05) is 0 Å². The highest BCUT2D eigenvalue weighted by Gasteiger charge is 2.18. The maximum Gasteiger partial charge on any atom is 0.337 e. The fourth-order valence-electron chi connectivity index (χ4n) is 2.52. The number of aromatic carboxylic acids is 1. The van der Waals surface area contributed by atoms with E-state index in [1.807, 2.05) is 24.3 Å². The van der Waals surface area contributed by atoms with Gasteiger partial charge in [0.1, 0.15) is 0 Å². The summed E-state index contributed by atoms with van der Waals surface area (Å²) in [5, 5.41) is 10.3. The highest BCUT2D eigenvalue weighted by atomic mass is 16.4. The van der Waals surface area contributed by atoms with Crippen LogP contribution in [0.2, 0.25) is 0 Å². The largest absolute Gasteiger partial charge is 0.478 e. The van der Waals surface area contributed by atoms with Gasteiger partial charge in [0.2, 0.25) is 0 Å². The summed E-state index contributed by atoms with van der Waals surface area (Å²) in [5.74, 6) is -0.710. The molecule has 20 heavy (non-hydrogen) atoms. The van der Waals surface area contributed by atoms with Crippen LogP contribution in [-0.4, -0.2) is 16.1 Å². The molecule has 2 aromatic rings. The van der Waals surface area contributed by atoms with E-state index in [-0.39, 0.29) is 5.92 Å². The van der Waals surface area contributed by atoms with Gasteiger partial charge in [0.25, 0.3) is 0 Å². The zero-order valence-electron chi connectivity index (χ0n) is 12.1. The van der Waals surface area contributed by atoms with Gasteiger partial charge in [-0.1, -0.05) is 51.3 Å². The normalized spacial score (nSPS) is 12.5. The van der Waals surface area contributed by atoms with E-state index in [2.05, 4.69) is 18.8 Å². The van der Waals surface area contributed by atoms with Crippen molar-refractivity contribution >= 4 is 16.9 Å². The van der Waals surface area contributed by atoms with Gasteiger partial charge < -0.3 is 5.11 Å². The standard InChI is InChI=1S/C17H21NO2/c1-3-4-5-8-12(2)16-14(17(19)20)11-13-9-6-7-10-15(13)18-16/h6-7,9-12H,3-5,8H2,1-2H3,(H,19,20).